The highest BCUT2D eigenvalue weighted by Crippen LogP contribution is 2.40. The van der Waals surface area contributed by atoms with Gasteiger partial charge in [0.15, 0.2) is 5.76 Å². The van der Waals surface area contributed by atoms with Crippen LogP contribution in [0.15, 0.2) is 73.0 Å². The van der Waals surface area contributed by atoms with E-state index in [9.17, 15) is 19.8 Å². The van der Waals surface area contributed by atoms with Crippen LogP contribution in [0.2, 0.25) is 0 Å². The minimum absolute atomic E-state index is 0.00693. The predicted octanol–water partition coefficient (Wildman–Crippen LogP) is 3.06. The zero-order valence-electron chi connectivity index (χ0n) is 18.5. The molecule has 1 atom stereocenters. The van der Waals surface area contributed by atoms with E-state index in [2.05, 4.69) is 9.97 Å². The summed E-state index contributed by atoms with van der Waals surface area (Å²) < 4.78 is 3.58. The Labute approximate surface area is 195 Å². The second-order valence-corrected chi connectivity index (χ2v) is 8.22. The van der Waals surface area contributed by atoms with Crippen LogP contribution in [0.1, 0.15) is 29.4 Å². The first-order chi connectivity index (χ1) is 16.5. The zero-order chi connectivity index (χ0) is 23.8. The van der Waals surface area contributed by atoms with E-state index >= 15 is 0 Å². The average Bonchev–Trinajstić information content (AvgIpc) is 3.51. The van der Waals surface area contributed by atoms with Crippen molar-refractivity contribution < 1.29 is 19.8 Å². The highest BCUT2D eigenvalue weighted by Gasteiger charge is 2.46. The maximum Gasteiger partial charge on any atom is 0.295 e. The number of benzene rings is 1. The van der Waals surface area contributed by atoms with Gasteiger partial charge in [0.2, 0.25) is 0 Å². The number of carbonyl (C=O) groups is 2. The molecule has 1 saturated heterocycles. The molecular formula is C25H23N5O4. The highest BCUT2D eigenvalue weighted by molar-refractivity contribution is 6.46. The number of aromatic nitrogens is 4. The molecule has 1 unspecified atom stereocenters. The van der Waals surface area contributed by atoms with Crippen LogP contribution < -0.4 is 0 Å². The number of phenolic OH excluding ortho intramolecular Hbond substituents is 1. The fraction of sp³-hybridized carbons (Fsp3) is 0.200. The fourth-order valence-electron chi connectivity index (χ4n) is 4.52. The van der Waals surface area contributed by atoms with Crippen molar-refractivity contribution in [3.63, 3.8) is 0 Å². The summed E-state index contributed by atoms with van der Waals surface area (Å²) in [7, 11) is 0. The van der Waals surface area contributed by atoms with Gasteiger partial charge in [0.25, 0.3) is 11.7 Å². The van der Waals surface area contributed by atoms with Crippen LogP contribution >= 0.6 is 0 Å². The van der Waals surface area contributed by atoms with Crippen molar-refractivity contribution in [1.29, 1.82) is 0 Å². The molecule has 1 aliphatic heterocycles. The molecule has 1 fully saturated rings. The first-order valence-electron chi connectivity index (χ1n) is 10.9. The first-order valence-corrected chi connectivity index (χ1v) is 10.9. The number of Topliss-reactive ketones (excluding diaryl/α,β-unsaturated/α-hetero) is 1. The van der Waals surface area contributed by atoms with Gasteiger partial charge in [-0.1, -0.05) is 18.2 Å². The summed E-state index contributed by atoms with van der Waals surface area (Å²) in [6.07, 6.45) is 7.52. The number of ketones is 1. The molecule has 0 spiro atoms. The third kappa shape index (κ3) is 3.61. The van der Waals surface area contributed by atoms with Crippen molar-refractivity contribution in [3.05, 3.63) is 89.9 Å². The van der Waals surface area contributed by atoms with Crippen LogP contribution in [0.4, 0.5) is 0 Å². The maximum atomic E-state index is 13.2. The summed E-state index contributed by atoms with van der Waals surface area (Å²) in [6, 6.07) is 11.0. The van der Waals surface area contributed by atoms with Crippen molar-refractivity contribution in [2.75, 3.05) is 6.54 Å². The Bertz CT molecular complexity index is 1420. The van der Waals surface area contributed by atoms with E-state index in [-0.39, 0.29) is 23.6 Å². The number of likely N-dealkylation sites (tertiary alicyclic amines) is 1. The molecule has 5 rings (SSSR count). The van der Waals surface area contributed by atoms with Gasteiger partial charge >= 0.3 is 0 Å². The van der Waals surface area contributed by atoms with E-state index in [1.54, 1.807) is 54.3 Å². The third-order valence-electron chi connectivity index (χ3n) is 6.03. The number of fused-ring (bicyclic) bond motifs is 1. The van der Waals surface area contributed by atoms with Gasteiger partial charge in [-0.15, -0.1) is 0 Å². The number of aromatic hydroxyl groups is 1. The summed E-state index contributed by atoms with van der Waals surface area (Å²) in [4.78, 5) is 36.3. The molecule has 4 aromatic rings. The Morgan fingerprint density at radius 2 is 1.94 bits per heavy atom. The number of amides is 1. The first kappa shape index (κ1) is 21.4. The molecule has 172 valence electrons. The molecular weight excluding hydrogens is 434 g/mol. The number of hydrogen-bond donors (Lipinski definition) is 2. The summed E-state index contributed by atoms with van der Waals surface area (Å²) in [5.74, 6) is -1.74. The molecule has 0 radical (unpaired) electrons. The molecule has 0 bridgehead atoms. The number of phenols is 1. The summed E-state index contributed by atoms with van der Waals surface area (Å²) in [5, 5.41) is 21.5. The normalized spacial score (nSPS) is 17.7. The second-order valence-electron chi connectivity index (χ2n) is 8.22. The summed E-state index contributed by atoms with van der Waals surface area (Å²) in [5.41, 5.74) is 2.02. The molecule has 4 heterocycles. The van der Waals surface area contributed by atoms with Gasteiger partial charge < -0.3 is 19.7 Å². The Hall–Kier alpha value is -4.40. The standard InChI is InChI=1S/C25H23N5O4/c1-16-21(29-11-3-2-8-19(29)27-16)23(32)20-22(17-6-4-7-18(31)14-17)30(25(34)24(20)33)12-5-10-28-13-9-26-15-28/h2-4,6-9,11,13-15,22,31-32H,5,10,12H2,1H3/b23-20+. The zero-order valence-corrected chi connectivity index (χ0v) is 18.5. The minimum atomic E-state index is -0.844. The van der Waals surface area contributed by atoms with Crippen LogP contribution in [-0.4, -0.2) is 52.3 Å². The predicted molar refractivity (Wildman–Crippen MR) is 124 cm³/mol. The molecule has 9 nitrogen and oxygen atoms in total. The largest absolute Gasteiger partial charge is 0.508 e. The monoisotopic (exact) mass is 457 g/mol. The number of nitrogens with zero attached hydrogens (tertiary/aromatic N) is 5. The number of aliphatic hydroxyl groups excluding tert-OH is 1. The Kier molecular flexibility index (Phi) is 5.37. The Balaban J connectivity index is 1.61. The molecule has 1 aliphatic rings. The minimum Gasteiger partial charge on any atom is -0.508 e. The van der Waals surface area contributed by atoms with E-state index in [0.717, 1.165) is 0 Å². The van der Waals surface area contributed by atoms with E-state index in [4.69, 9.17) is 0 Å². The maximum absolute atomic E-state index is 13.2. The van der Waals surface area contributed by atoms with Crippen LogP contribution in [0.25, 0.3) is 11.4 Å². The van der Waals surface area contributed by atoms with Gasteiger partial charge in [0, 0.05) is 31.7 Å². The van der Waals surface area contributed by atoms with Crippen LogP contribution in [-0.2, 0) is 16.1 Å². The molecule has 3 aromatic heterocycles. The van der Waals surface area contributed by atoms with Crippen LogP contribution in [0, 0.1) is 6.92 Å². The Morgan fingerprint density at radius 1 is 1.09 bits per heavy atom. The molecule has 0 aliphatic carbocycles. The quantitative estimate of drug-likeness (QED) is 0.261. The number of aryl methyl sites for hydroxylation is 2. The molecule has 34 heavy (non-hydrogen) atoms. The van der Waals surface area contributed by atoms with Crippen LogP contribution in [0.5, 0.6) is 5.75 Å². The smallest absolute Gasteiger partial charge is 0.295 e. The van der Waals surface area contributed by atoms with Gasteiger partial charge in [0.05, 0.1) is 23.6 Å². The van der Waals surface area contributed by atoms with Crippen LogP contribution in [0.3, 0.4) is 0 Å². The second kappa shape index (κ2) is 8.51. The fourth-order valence-corrected chi connectivity index (χ4v) is 4.52. The lowest BCUT2D eigenvalue weighted by Crippen LogP contribution is -2.31. The number of hydrogen-bond acceptors (Lipinski definition) is 6. The number of pyridine rings is 1. The van der Waals surface area contributed by atoms with Crippen molar-refractivity contribution in [2.45, 2.75) is 25.9 Å². The molecule has 1 amide bonds. The van der Waals surface area contributed by atoms with Gasteiger partial charge in [-0.25, -0.2) is 9.97 Å². The SMILES string of the molecule is Cc1nc2ccccn2c1/C(O)=C1\C(=O)C(=O)N(CCCn2ccnc2)C1c1cccc(O)c1. The van der Waals surface area contributed by atoms with E-state index in [1.807, 2.05) is 16.8 Å². The number of aliphatic hydroxyl groups is 1. The van der Waals surface area contributed by atoms with Crippen molar-refractivity contribution in [3.8, 4) is 5.75 Å². The number of rotatable bonds is 6. The Morgan fingerprint density at radius 3 is 2.71 bits per heavy atom. The van der Waals surface area contributed by atoms with E-state index in [1.165, 1.54) is 17.0 Å². The van der Waals surface area contributed by atoms with Gasteiger partial charge in [-0.2, -0.15) is 0 Å². The lowest BCUT2D eigenvalue weighted by Gasteiger charge is -2.25. The molecule has 0 saturated carbocycles. The average molecular weight is 457 g/mol. The van der Waals surface area contributed by atoms with Crippen molar-refractivity contribution in [1.82, 2.24) is 23.8 Å². The van der Waals surface area contributed by atoms with Gasteiger partial charge in [-0.05, 0) is 43.2 Å². The molecule has 1 aromatic carbocycles. The van der Waals surface area contributed by atoms with E-state index < -0.39 is 17.7 Å². The molecule has 2 N–H and O–H groups in total. The highest BCUT2D eigenvalue weighted by atomic mass is 16.3. The third-order valence-corrected chi connectivity index (χ3v) is 6.03. The molecule has 9 heteroatoms. The van der Waals surface area contributed by atoms with Gasteiger partial charge in [-0.3, -0.25) is 14.0 Å². The van der Waals surface area contributed by atoms with Crippen molar-refractivity contribution in [2.24, 2.45) is 0 Å². The van der Waals surface area contributed by atoms with Gasteiger partial charge in [0.1, 0.15) is 17.1 Å². The van der Waals surface area contributed by atoms with Crippen molar-refractivity contribution >= 4 is 23.1 Å². The van der Waals surface area contributed by atoms with E-state index in [0.29, 0.717) is 35.6 Å². The topological polar surface area (TPSA) is 113 Å². The number of carbonyl (C=O) groups excluding carboxylic acids is 2. The summed E-state index contributed by atoms with van der Waals surface area (Å²) >= 11 is 0. The lowest BCUT2D eigenvalue weighted by molar-refractivity contribution is -0.139. The number of imidazole rings is 2. The summed E-state index contributed by atoms with van der Waals surface area (Å²) in [6.45, 7) is 2.64. The lowest BCUT2D eigenvalue weighted by atomic mass is 9.96.